The minimum Gasteiger partial charge on any atom is -0.309 e. The lowest BCUT2D eigenvalue weighted by Gasteiger charge is -2.15. The van der Waals surface area contributed by atoms with Gasteiger partial charge in [0.25, 0.3) is 0 Å². The number of hydrogen-bond acceptors (Lipinski definition) is 0. The number of nitrogens with zero attached hydrogens (tertiary/aromatic N) is 1. The molecular formula is C26H25N. The third-order valence-electron chi connectivity index (χ3n) is 5.03. The van der Waals surface area contributed by atoms with Gasteiger partial charge in [0, 0.05) is 5.69 Å². The Labute approximate surface area is 161 Å². The predicted molar refractivity (Wildman–Crippen MR) is 115 cm³/mol. The minimum atomic E-state index is 1.15. The van der Waals surface area contributed by atoms with Crippen LogP contribution in [0.25, 0.3) is 28.2 Å². The van der Waals surface area contributed by atoms with E-state index in [1.165, 1.54) is 46.6 Å². The zero-order valence-corrected chi connectivity index (χ0v) is 15.8. The Hall–Kier alpha value is -3.06. The van der Waals surface area contributed by atoms with Crippen molar-refractivity contribution >= 4 is 0 Å². The Balaban J connectivity index is 1.83. The van der Waals surface area contributed by atoms with E-state index in [-0.39, 0.29) is 0 Å². The van der Waals surface area contributed by atoms with Crippen LogP contribution in [0, 0.1) is 0 Å². The van der Waals surface area contributed by atoms with Gasteiger partial charge >= 0.3 is 0 Å². The lowest BCUT2D eigenvalue weighted by Crippen LogP contribution is -1.99. The van der Waals surface area contributed by atoms with Crippen molar-refractivity contribution in [1.82, 2.24) is 4.57 Å². The molecule has 1 aromatic heterocycles. The van der Waals surface area contributed by atoms with Crippen molar-refractivity contribution in [2.24, 2.45) is 0 Å². The van der Waals surface area contributed by atoms with Crippen molar-refractivity contribution in [1.29, 1.82) is 0 Å². The van der Waals surface area contributed by atoms with Crippen LogP contribution in [0.5, 0.6) is 0 Å². The maximum absolute atomic E-state index is 2.37. The van der Waals surface area contributed by atoms with Gasteiger partial charge in [0.1, 0.15) is 0 Å². The summed E-state index contributed by atoms with van der Waals surface area (Å²) < 4.78 is 2.37. The molecule has 0 radical (unpaired) electrons. The molecule has 1 heterocycles. The van der Waals surface area contributed by atoms with E-state index in [1.807, 2.05) is 0 Å². The van der Waals surface area contributed by atoms with Gasteiger partial charge in [0.15, 0.2) is 0 Å². The highest BCUT2D eigenvalue weighted by atomic mass is 15.0. The molecule has 0 spiro atoms. The van der Waals surface area contributed by atoms with E-state index in [2.05, 4.69) is 109 Å². The lowest BCUT2D eigenvalue weighted by molar-refractivity contribution is 0.795. The summed E-state index contributed by atoms with van der Waals surface area (Å²) >= 11 is 0. The van der Waals surface area contributed by atoms with Crippen molar-refractivity contribution in [3.05, 3.63) is 103 Å². The van der Waals surface area contributed by atoms with Gasteiger partial charge < -0.3 is 4.57 Å². The average Bonchev–Trinajstić information content (AvgIpc) is 3.19. The number of unbranched alkanes of at least 4 members (excludes halogenated alkanes) is 1. The molecule has 0 bridgehead atoms. The Kier molecular flexibility index (Phi) is 5.20. The smallest absolute Gasteiger partial charge is 0.0535 e. The van der Waals surface area contributed by atoms with Crippen molar-refractivity contribution in [3.63, 3.8) is 0 Å². The molecule has 0 fully saturated rings. The van der Waals surface area contributed by atoms with Gasteiger partial charge in [0.05, 0.1) is 11.4 Å². The quantitative estimate of drug-likeness (QED) is 0.347. The molecule has 4 aromatic rings. The third kappa shape index (κ3) is 3.73. The predicted octanol–water partition coefficient (Wildman–Crippen LogP) is 7.15. The van der Waals surface area contributed by atoms with Crippen LogP contribution in [0.1, 0.15) is 25.3 Å². The number of aromatic nitrogens is 1. The normalized spacial score (nSPS) is 10.9. The molecule has 0 aliphatic heterocycles. The molecule has 3 aromatic carbocycles. The van der Waals surface area contributed by atoms with Crippen LogP contribution < -0.4 is 0 Å². The number of aryl methyl sites for hydroxylation is 1. The molecule has 1 heteroatoms. The maximum atomic E-state index is 2.37. The van der Waals surface area contributed by atoms with Gasteiger partial charge in [-0.1, -0.05) is 86.1 Å². The van der Waals surface area contributed by atoms with Crippen LogP contribution in [0.2, 0.25) is 0 Å². The van der Waals surface area contributed by atoms with Gasteiger partial charge in [-0.25, -0.2) is 0 Å². The summed E-state index contributed by atoms with van der Waals surface area (Å²) in [5, 5.41) is 0. The van der Waals surface area contributed by atoms with Crippen LogP contribution in [0.4, 0.5) is 0 Å². The van der Waals surface area contributed by atoms with E-state index in [0.29, 0.717) is 0 Å². The second-order valence-corrected chi connectivity index (χ2v) is 6.94. The second kappa shape index (κ2) is 8.09. The molecule has 0 saturated heterocycles. The topological polar surface area (TPSA) is 4.93 Å². The SMILES string of the molecule is CCCCc1ccc(-n2c(-c3ccccc3)ccc2-c2ccccc2)cc1. The summed E-state index contributed by atoms with van der Waals surface area (Å²) in [6, 6.07) is 34.7. The summed E-state index contributed by atoms with van der Waals surface area (Å²) in [6.45, 7) is 2.24. The summed E-state index contributed by atoms with van der Waals surface area (Å²) in [7, 11) is 0. The van der Waals surface area contributed by atoms with Crippen LogP contribution in [-0.4, -0.2) is 4.57 Å². The fourth-order valence-electron chi connectivity index (χ4n) is 3.58. The zero-order chi connectivity index (χ0) is 18.5. The minimum absolute atomic E-state index is 1.15. The molecule has 1 nitrogen and oxygen atoms in total. The number of benzene rings is 3. The van der Waals surface area contributed by atoms with Crippen molar-refractivity contribution < 1.29 is 0 Å². The second-order valence-electron chi connectivity index (χ2n) is 6.94. The van der Waals surface area contributed by atoms with Crippen LogP contribution >= 0.6 is 0 Å². The van der Waals surface area contributed by atoms with Crippen LogP contribution in [0.3, 0.4) is 0 Å². The zero-order valence-electron chi connectivity index (χ0n) is 15.8. The Bertz CT molecular complexity index is 923. The first-order valence-corrected chi connectivity index (χ1v) is 9.78. The van der Waals surface area contributed by atoms with Gasteiger partial charge in [-0.2, -0.15) is 0 Å². The highest BCUT2D eigenvalue weighted by molar-refractivity contribution is 5.73. The molecule has 0 atom stereocenters. The van der Waals surface area contributed by atoms with E-state index in [1.54, 1.807) is 0 Å². The van der Waals surface area contributed by atoms with E-state index >= 15 is 0 Å². The molecular weight excluding hydrogens is 326 g/mol. The maximum Gasteiger partial charge on any atom is 0.0535 e. The molecule has 0 saturated carbocycles. The molecule has 0 amide bonds. The number of rotatable bonds is 6. The Morgan fingerprint density at radius 3 is 1.59 bits per heavy atom. The van der Waals surface area contributed by atoms with Gasteiger partial charge in [-0.3, -0.25) is 0 Å². The van der Waals surface area contributed by atoms with E-state index < -0.39 is 0 Å². The van der Waals surface area contributed by atoms with Crippen molar-refractivity contribution in [2.75, 3.05) is 0 Å². The highest BCUT2D eigenvalue weighted by Gasteiger charge is 2.13. The Morgan fingerprint density at radius 2 is 1.11 bits per heavy atom. The summed E-state index contributed by atoms with van der Waals surface area (Å²) in [4.78, 5) is 0. The van der Waals surface area contributed by atoms with Crippen LogP contribution in [0.15, 0.2) is 97.1 Å². The monoisotopic (exact) mass is 351 g/mol. The summed E-state index contributed by atoms with van der Waals surface area (Å²) in [5.74, 6) is 0. The van der Waals surface area contributed by atoms with Gasteiger partial charge in [-0.15, -0.1) is 0 Å². The summed E-state index contributed by atoms with van der Waals surface area (Å²) in [5.41, 5.74) is 7.52. The standard InChI is InChI=1S/C26H25N/c1-2-3-10-21-15-17-24(18-16-21)27-25(22-11-6-4-7-12-22)19-20-26(27)23-13-8-5-9-14-23/h4-9,11-20H,2-3,10H2,1H3. The van der Waals surface area contributed by atoms with E-state index in [9.17, 15) is 0 Å². The lowest BCUT2D eigenvalue weighted by atomic mass is 10.1. The molecule has 0 N–H and O–H groups in total. The first-order valence-electron chi connectivity index (χ1n) is 9.78. The van der Waals surface area contributed by atoms with E-state index in [4.69, 9.17) is 0 Å². The molecule has 27 heavy (non-hydrogen) atoms. The number of hydrogen-bond donors (Lipinski definition) is 0. The molecule has 0 aliphatic carbocycles. The largest absolute Gasteiger partial charge is 0.309 e. The van der Waals surface area contributed by atoms with Crippen LogP contribution in [-0.2, 0) is 6.42 Å². The van der Waals surface area contributed by atoms with Crippen molar-refractivity contribution in [2.45, 2.75) is 26.2 Å². The van der Waals surface area contributed by atoms with Gasteiger partial charge in [-0.05, 0) is 53.8 Å². The fourth-order valence-corrected chi connectivity index (χ4v) is 3.58. The Morgan fingerprint density at radius 1 is 0.593 bits per heavy atom. The van der Waals surface area contributed by atoms with Gasteiger partial charge in [0.2, 0.25) is 0 Å². The molecule has 4 rings (SSSR count). The fraction of sp³-hybridized carbons (Fsp3) is 0.154. The average molecular weight is 351 g/mol. The highest BCUT2D eigenvalue weighted by Crippen LogP contribution is 2.32. The summed E-state index contributed by atoms with van der Waals surface area (Å²) in [6.07, 6.45) is 3.63. The molecule has 0 aliphatic rings. The molecule has 134 valence electrons. The molecule has 0 unspecified atom stereocenters. The van der Waals surface area contributed by atoms with Crippen molar-refractivity contribution in [3.8, 4) is 28.2 Å². The third-order valence-corrected chi connectivity index (χ3v) is 5.03. The first kappa shape index (κ1) is 17.4. The first-order chi connectivity index (χ1) is 13.4. The van der Waals surface area contributed by atoms with E-state index in [0.717, 1.165) is 6.42 Å².